The highest BCUT2D eigenvalue weighted by Gasteiger charge is 2.35. The van der Waals surface area contributed by atoms with Crippen LogP contribution in [0, 0.1) is 0 Å². The van der Waals surface area contributed by atoms with Crippen LogP contribution in [0.4, 0.5) is 11.4 Å². The molecule has 1 N–H and O–H groups in total. The highest BCUT2D eigenvalue weighted by Crippen LogP contribution is 2.29. The summed E-state index contributed by atoms with van der Waals surface area (Å²) in [5, 5.41) is 2.91. The van der Waals surface area contributed by atoms with Crippen LogP contribution in [-0.4, -0.2) is 40.3 Å². The molecule has 1 aliphatic rings. The summed E-state index contributed by atoms with van der Waals surface area (Å²) in [6, 6.07) is 16.6. The largest absolute Gasteiger partial charge is 0.494 e. The first-order chi connectivity index (χ1) is 13.6. The van der Waals surface area contributed by atoms with E-state index >= 15 is 0 Å². The van der Waals surface area contributed by atoms with E-state index in [1.165, 1.54) is 11.8 Å². The van der Waals surface area contributed by atoms with Crippen molar-refractivity contribution in [2.75, 3.05) is 18.5 Å². The van der Waals surface area contributed by atoms with E-state index in [1.54, 1.807) is 29.2 Å². The van der Waals surface area contributed by atoms with Gasteiger partial charge in [0.1, 0.15) is 11.0 Å². The fourth-order valence-electron chi connectivity index (χ4n) is 2.79. The molecule has 0 saturated carbocycles. The lowest BCUT2D eigenvalue weighted by atomic mass is 10.2. The predicted octanol–water partition coefficient (Wildman–Crippen LogP) is 4.07. The molecule has 146 valence electrons. The molecule has 1 heterocycles. The first-order valence-corrected chi connectivity index (χ1v) is 10.1. The molecule has 0 aromatic heterocycles. The Hall–Kier alpha value is -2.80. The van der Waals surface area contributed by atoms with Crippen LogP contribution in [-0.2, 0) is 9.59 Å². The van der Waals surface area contributed by atoms with Crippen molar-refractivity contribution in [3.63, 3.8) is 0 Å². The third kappa shape index (κ3) is 4.92. The third-order valence-electron chi connectivity index (χ3n) is 4.16. The summed E-state index contributed by atoms with van der Waals surface area (Å²) in [6.07, 6.45) is 0.148. The van der Waals surface area contributed by atoms with E-state index in [2.05, 4.69) is 10.3 Å². The van der Waals surface area contributed by atoms with Gasteiger partial charge in [0.15, 0.2) is 5.17 Å². The van der Waals surface area contributed by atoms with Gasteiger partial charge in [-0.05, 0) is 50.2 Å². The maximum absolute atomic E-state index is 12.7. The second kappa shape index (κ2) is 9.41. The van der Waals surface area contributed by atoms with Gasteiger partial charge in [-0.2, -0.15) is 0 Å². The van der Waals surface area contributed by atoms with Crippen LogP contribution in [0.5, 0.6) is 5.75 Å². The number of nitrogens with zero attached hydrogens (tertiary/aromatic N) is 2. The van der Waals surface area contributed by atoms with Crippen LogP contribution in [0.2, 0.25) is 0 Å². The molecule has 0 spiro atoms. The van der Waals surface area contributed by atoms with Gasteiger partial charge in [0.05, 0.1) is 12.3 Å². The average molecular weight is 398 g/mol. The number of amides is 2. The zero-order chi connectivity index (χ0) is 19.9. The smallest absolute Gasteiger partial charge is 0.238 e. The molecule has 2 aromatic rings. The first-order valence-electron chi connectivity index (χ1n) is 9.25. The van der Waals surface area contributed by atoms with E-state index in [-0.39, 0.29) is 18.2 Å². The highest BCUT2D eigenvalue weighted by atomic mass is 32.2. The van der Waals surface area contributed by atoms with E-state index in [4.69, 9.17) is 4.74 Å². The van der Waals surface area contributed by atoms with Crippen molar-refractivity contribution in [3.8, 4) is 5.75 Å². The lowest BCUT2D eigenvalue weighted by Gasteiger charge is -2.30. The molecule has 1 fully saturated rings. The van der Waals surface area contributed by atoms with Gasteiger partial charge in [-0.1, -0.05) is 30.0 Å². The molecule has 28 heavy (non-hydrogen) atoms. The molecule has 3 rings (SSSR count). The Labute approximate surface area is 169 Å². The number of anilines is 1. The van der Waals surface area contributed by atoms with Crippen molar-refractivity contribution >= 4 is 40.1 Å². The quantitative estimate of drug-likeness (QED) is 0.798. The first kappa shape index (κ1) is 19.9. The highest BCUT2D eigenvalue weighted by molar-refractivity contribution is 8.15. The normalized spacial score (nSPS) is 18.2. The van der Waals surface area contributed by atoms with E-state index in [9.17, 15) is 9.59 Å². The molecule has 1 aliphatic heterocycles. The minimum atomic E-state index is -0.524. The zero-order valence-corrected chi connectivity index (χ0v) is 16.7. The number of hydrogen-bond acceptors (Lipinski definition) is 5. The van der Waals surface area contributed by atoms with Crippen molar-refractivity contribution in [2.45, 2.75) is 25.5 Å². The Balaban J connectivity index is 1.73. The van der Waals surface area contributed by atoms with E-state index in [0.717, 1.165) is 11.4 Å². The van der Waals surface area contributed by atoms with Gasteiger partial charge in [-0.3, -0.25) is 14.5 Å². The van der Waals surface area contributed by atoms with Crippen LogP contribution in [0.3, 0.4) is 0 Å². The van der Waals surface area contributed by atoms with Gasteiger partial charge in [0, 0.05) is 18.7 Å². The summed E-state index contributed by atoms with van der Waals surface area (Å²) in [7, 11) is 0. The van der Waals surface area contributed by atoms with E-state index in [0.29, 0.717) is 24.0 Å². The van der Waals surface area contributed by atoms with E-state index in [1.807, 2.05) is 44.2 Å². The maximum atomic E-state index is 12.7. The number of nitrogens with one attached hydrogen (secondary N) is 1. The molecule has 0 aliphatic carbocycles. The number of thioether (sulfide) groups is 1. The topological polar surface area (TPSA) is 71.0 Å². The van der Waals surface area contributed by atoms with Gasteiger partial charge in [-0.15, -0.1) is 0 Å². The van der Waals surface area contributed by atoms with Gasteiger partial charge in [-0.25, -0.2) is 4.99 Å². The third-order valence-corrected chi connectivity index (χ3v) is 5.35. The SMILES string of the molecule is CCOc1ccc(NC(=O)[C@H]2CC(=O)N(CC)C(=Nc3ccccc3)S2)cc1. The van der Waals surface area contributed by atoms with Gasteiger partial charge in [0.2, 0.25) is 11.8 Å². The average Bonchev–Trinajstić information content (AvgIpc) is 2.70. The number of amidine groups is 1. The molecule has 1 atom stereocenters. The van der Waals surface area contributed by atoms with Gasteiger partial charge in [0.25, 0.3) is 0 Å². The summed E-state index contributed by atoms with van der Waals surface area (Å²) < 4.78 is 5.41. The number of hydrogen-bond donors (Lipinski definition) is 1. The van der Waals surface area contributed by atoms with Crippen molar-refractivity contribution < 1.29 is 14.3 Å². The molecule has 7 heteroatoms. The summed E-state index contributed by atoms with van der Waals surface area (Å²) in [4.78, 5) is 31.5. The Morgan fingerprint density at radius 2 is 1.89 bits per heavy atom. The fraction of sp³-hybridized carbons (Fsp3) is 0.286. The number of rotatable bonds is 6. The summed E-state index contributed by atoms with van der Waals surface area (Å²) >= 11 is 1.32. The zero-order valence-electron chi connectivity index (χ0n) is 15.9. The second-order valence-corrected chi connectivity index (χ2v) is 7.30. The molecule has 0 radical (unpaired) electrons. The Morgan fingerprint density at radius 3 is 2.54 bits per heavy atom. The molecule has 2 aromatic carbocycles. The van der Waals surface area contributed by atoms with Gasteiger partial charge >= 0.3 is 0 Å². The van der Waals surface area contributed by atoms with Crippen molar-refractivity contribution in [1.29, 1.82) is 0 Å². The Bertz CT molecular complexity index is 853. The number of ether oxygens (including phenoxy) is 1. The number of aliphatic imine (C=N–C) groups is 1. The Kier molecular flexibility index (Phi) is 6.71. The Morgan fingerprint density at radius 1 is 1.18 bits per heavy atom. The second-order valence-electron chi connectivity index (χ2n) is 6.13. The summed E-state index contributed by atoms with van der Waals surface area (Å²) in [5.74, 6) is 0.445. The molecule has 2 amide bonds. The standard InChI is InChI=1S/C21H23N3O3S/c1-3-24-19(25)14-18(28-21(24)23-15-8-6-5-7-9-15)20(26)22-16-10-12-17(13-11-16)27-4-2/h5-13,18H,3-4,14H2,1-2H3,(H,22,26)/t18-/m1/s1. The van der Waals surface area contributed by atoms with Crippen molar-refractivity contribution in [1.82, 2.24) is 4.90 Å². The molecule has 0 unspecified atom stereocenters. The lowest BCUT2D eigenvalue weighted by Crippen LogP contribution is -2.45. The van der Waals surface area contributed by atoms with Crippen LogP contribution >= 0.6 is 11.8 Å². The predicted molar refractivity (Wildman–Crippen MR) is 113 cm³/mol. The van der Waals surface area contributed by atoms with Gasteiger partial charge < -0.3 is 10.1 Å². The van der Waals surface area contributed by atoms with Crippen LogP contribution in [0.25, 0.3) is 0 Å². The van der Waals surface area contributed by atoms with Crippen LogP contribution in [0.1, 0.15) is 20.3 Å². The molecule has 0 bridgehead atoms. The fourth-order valence-corrected chi connectivity index (χ4v) is 3.95. The number of benzene rings is 2. The van der Waals surface area contributed by atoms with Crippen molar-refractivity contribution in [3.05, 3.63) is 54.6 Å². The molecular formula is C21H23N3O3S. The minimum Gasteiger partial charge on any atom is -0.494 e. The molecule has 1 saturated heterocycles. The summed E-state index contributed by atoms with van der Waals surface area (Å²) in [6.45, 7) is 4.93. The lowest BCUT2D eigenvalue weighted by molar-refractivity contribution is -0.129. The number of para-hydroxylation sites is 1. The number of carbonyl (C=O) groups is 2. The van der Waals surface area contributed by atoms with E-state index < -0.39 is 5.25 Å². The summed E-state index contributed by atoms with van der Waals surface area (Å²) in [5.41, 5.74) is 1.42. The minimum absolute atomic E-state index is 0.0947. The maximum Gasteiger partial charge on any atom is 0.238 e. The monoisotopic (exact) mass is 397 g/mol. The van der Waals surface area contributed by atoms with Crippen LogP contribution < -0.4 is 10.1 Å². The van der Waals surface area contributed by atoms with Crippen molar-refractivity contribution in [2.24, 2.45) is 4.99 Å². The molecule has 6 nitrogen and oxygen atoms in total. The number of carbonyl (C=O) groups excluding carboxylic acids is 2. The van der Waals surface area contributed by atoms with Crippen LogP contribution in [0.15, 0.2) is 59.6 Å². The molecular weight excluding hydrogens is 374 g/mol.